The molecule has 0 radical (unpaired) electrons. The number of amides is 2. The van der Waals surface area contributed by atoms with E-state index >= 15 is 0 Å². The molecule has 2 amide bonds. The SMILES string of the molecule is NC(=O)c1ccc(C(=O)NCc2ccco2)cc1. The monoisotopic (exact) mass is 244 g/mol. The maximum Gasteiger partial charge on any atom is 0.251 e. The smallest absolute Gasteiger partial charge is 0.251 e. The van der Waals surface area contributed by atoms with Gasteiger partial charge in [-0.2, -0.15) is 0 Å². The van der Waals surface area contributed by atoms with Gasteiger partial charge in [0.25, 0.3) is 5.91 Å². The first-order valence-corrected chi connectivity index (χ1v) is 5.37. The molecule has 0 spiro atoms. The van der Waals surface area contributed by atoms with Crippen molar-refractivity contribution in [2.24, 2.45) is 5.73 Å². The Morgan fingerprint density at radius 2 is 1.78 bits per heavy atom. The minimum absolute atomic E-state index is 0.234. The number of hydrogen-bond acceptors (Lipinski definition) is 3. The highest BCUT2D eigenvalue weighted by atomic mass is 16.3. The fourth-order valence-corrected chi connectivity index (χ4v) is 1.47. The van der Waals surface area contributed by atoms with Crippen LogP contribution in [0.25, 0.3) is 0 Å². The zero-order chi connectivity index (χ0) is 13.0. The van der Waals surface area contributed by atoms with Gasteiger partial charge in [-0.3, -0.25) is 9.59 Å². The number of carbonyl (C=O) groups excluding carboxylic acids is 2. The Morgan fingerprint density at radius 1 is 1.11 bits per heavy atom. The number of primary amides is 1. The topological polar surface area (TPSA) is 85.3 Å². The molecule has 0 saturated carbocycles. The molecule has 1 heterocycles. The molecule has 5 nitrogen and oxygen atoms in total. The van der Waals surface area contributed by atoms with E-state index in [1.54, 1.807) is 30.5 Å². The van der Waals surface area contributed by atoms with E-state index in [1.165, 1.54) is 12.1 Å². The molecule has 0 atom stereocenters. The van der Waals surface area contributed by atoms with Crippen LogP contribution in [0.1, 0.15) is 26.5 Å². The highest BCUT2D eigenvalue weighted by Gasteiger charge is 2.07. The van der Waals surface area contributed by atoms with Gasteiger partial charge in [0.1, 0.15) is 5.76 Å². The third-order valence-electron chi connectivity index (χ3n) is 2.43. The summed E-state index contributed by atoms with van der Waals surface area (Å²) in [7, 11) is 0. The maximum absolute atomic E-state index is 11.8. The molecule has 2 rings (SSSR count). The minimum atomic E-state index is -0.516. The average molecular weight is 244 g/mol. The number of furan rings is 1. The van der Waals surface area contributed by atoms with Crippen molar-refractivity contribution in [1.82, 2.24) is 5.32 Å². The van der Waals surface area contributed by atoms with Crippen LogP contribution >= 0.6 is 0 Å². The van der Waals surface area contributed by atoms with Gasteiger partial charge in [-0.25, -0.2) is 0 Å². The van der Waals surface area contributed by atoms with Crippen LogP contribution in [-0.2, 0) is 6.54 Å². The third-order valence-corrected chi connectivity index (χ3v) is 2.43. The van der Waals surface area contributed by atoms with Crippen LogP contribution in [0, 0.1) is 0 Å². The number of nitrogens with one attached hydrogen (secondary N) is 1. The summed E-state index contributed by atoms with van der Waals surface area (Å²) < 4.78 is 5.09. The Bertz CT molecular complexity index is 544. The predicted molar refractivity (Wildman–Crippen MR) is 64.8 cm³/mol. The quantitative estimate of drug-likeness (QED) is 0.850. The van der Waals surface area contributed by atoms with Crippen molar-refractivity contribution in [1.29, 1.82) is 0 Å². The first-order chi connectivity index (χ1) is 8.66. The summed E-state index contributed by atoms with van der Waals surface area (Å²) in [5.41, 5.74) is 5.95. The summed E-state index contributed by atoms with van der Waals surface area (Å²) in [4.78, 5) is 22.6. The van der Waals surface area contributed by atoms with Gasteiger partial charge in [-0.1, -0.05) is 0 Å². The molecule has 18 heavy (non-hydrogen) atoms. The second-order valence-corrected chi connectivity index (χ2v) is 3.70. The fourth-order valence-electron chi connectivity index (χ4n) is 1.47. The molecule has 0 bridgehead atoms. The van der Waals surface area contributed by atoms with Crippen molar-refractivity contribution in [2.45, 2.75) is 6.54 Å². The molecule has 0 fully saturated rings. The van der Waals surface area contributed by atoms with E-state index in [0.29, 0.717) is 23.4 Å². The summed E-state index contributed by atoms with van der Waals surface area (Å²) in [6.07, 6.45) is 1.54. The van der Waals surface area contributed by atoms with Gasteiger partial charge in [0.15, 0.2) is 0 Å². The molecule has 1 aromatic heterocycles. The number of nitrogens with two attached hydrogens (primary N) is 1. The standard InChI is InChI=1S/C13H12N2O3/c14-12(16)9-3-5-10(6-4-9)13(17)15-8-11-2-1-7-18-11/h1-7H,8H2,(H2,14,16)(H,15,17). The Morgan fingerprint density at radius 3 is 2.33 bits per heavy atom. The molecule has 92 valence electrons. The van der Waals surface area contributed by atoms with Crippen molar-refractivity contribution < 1.29 is 14.0 Å². The number of carbonyl (C=O) groups is 2. The first-order valence-electron chi connectivity index (χ1n) is 5.37. The minimum Gasteiger partial charge on any atom is -0.467 e. The van der Waals surface area contributed by atoms with E-state index in [9.17, 15) is 9.59 Å². The van der Waals surface area contributed by atoms with E-state index < -0.39 is 5.91 Å². The van der Waals surface area contributed by atoms with Crippen LogP contribution in [0.15, 0.2) is 47.1 Å². The van der Waals surface area contributed by atoms with Crippen molar-refractivity contribution in [3.05, 3.63) is 59.5 Å². The maximum atomic E-state index is 11.8. The van der Waals surface area contributed by atoms with Gasteiger partial charge in [-0.15, -0.1) is 0 Å². The van der Waals surface area contributed by atoms with Gasteiger partial charge in [0.05, 0.1) is 12.8 Å². The van der Waals surface area contributed by atoms with Crippen molar-refractivity contribution in [3.63, 3.8) is 0 Å². The molecule has 5 heteroatoms. The normalized spacial score (nSPS) is 10.0. The molecule has 3 N–H and O–H groups in total. The Hall–Kier alpha value is -2.56. The van der Waals surface area contributed by atoms with Crippen LogP contribution in [0.4, 0.5) is 0 Å². The Balaban J connectivity index is 1.98. The second kappa shape index (κ2) is 5.18. The molecule has 0 unspecified atom stereocenters. The predicted octanol–water partition coefficient (Wildman–Crippen LogP) is 1.31. The van der Waals surface area contributed by atoms with Gasteiger partial charge < -0.3 is 15.5 Å². The highest BCUT2D eigenvalue weighted by molar-refractivity contribution is 5.97. The summed E-state index contributed by atoms with van der Waals surface area (Å²) in [5.74, 6) is -0.0722. The van der Waals surface area contributed by atoms with Crippen LogP contribution in [0.3, 0.4) is 0 Å². The second-order valence-electron chi connectivity index (χ2n) is 3.70. The van der Waals surface area contributed by atoms with Crippen LogP contribution in [0.5, 0.6) is 0 Å². The Labute approximate surface area is 104 Å². The summed E-state index contributed by atoms with van der Waals surface area (Å²) in [6.45, 7) is 0.323. The molecule has 0 aliphatic heterocycles. The van der Waals surface area contributed by atoms with Crippen molar-refractivity contribution in [3.8, 4) is 0 Å². The third kappa shape index (κ3) is 2.76. The summed E-state index contributed by atoms with van der Waals surface area (Å²) >= 11 is 0. The van der Waals surface area contributed by atoms with Gasteiger partial charge in [0.2, 0.25) is 5.91 Å². The lowest BCUT2D eigenvalue weighted by molar-refractivity contribution is 0.0945. The van der Waals surface area contributed by atoms with Crippen LogP contribution in [0.2, 0.25) is 0 Å². The number of rotatable bonds is 4. The van der Waals surface area contributed by atoms with E-state index in [0.717, 1.165) is 0 Å². The van der Waals surface area contributed by atoms with E-state index in [4.69, 9.17) is 10.2 Å². The van der Waals surface area contributed by atoms with Crippen molar-refractivity contribution >= 4 is 11.8 Å². The summed E-state index contributed by atoms with van der Waals surface area (Å²) in [6, 6.07) is 9.67. The lowest BCUT2D eigenvalue weighted by Crippen LogP contribution is -2.22. The van der Waals surface area contributed by atoms with Crippen molar-refractivity contribution in [2.75, 3.05) is 0 Å². The van der Waals surface area contributed by atoms with E-state index in [1.807, 2.05) is 0 Å². The first kappa shape index (κ1) is 11.9. The molecular formula is C13H12N2O3. The molecule has 2 aromatic rings. The molecule has 0 aliphatic rings. The number of hydrogen-bond donors (Lipinski definition) is 2. The van der Waals surface area contributed by atoms with Gasteiger partial charge in [-0.05, 0) is 36.4 Å². The van der Waals surface area contributed by atoms with Gasteiger partial charge >= 0.3 is 0 Å². The molecule has 1 aromatic carbocycles. The van der Waals surface area contributed by atoms with Crippen LogP contribution < -0.4 is 11.1 Å². The fraction of sp³-hybridized carbons (Fsp3) is 0.0769. The lowest BCUT2D eigenvalue weighted by Gasteiger charge is -2.03. The Kier molecular flexibility index (Phi) is 3.43. The molecule has 0 saturated heterocycles. The van der Waals surface area contributed by atoms with Crippen LogP contribution in [-0.4, -0.2) is 11.8 Å². The molecular weight excluding hydrogens is 232 g/mol. The molecule has 0 aliphatic carbocycles. The summed E-state index contributed by atoms with van der Waals surface area (Å²) in [5, 5.41) is 2.70. The average Bonchev–Trinajstić information content (AvgIpc) is 2.89. The van der Waals surface area contributed by atoms with Gasteiger partial charge in [0, 0.05) is 11.1 Å². The number of benzene rings is 1. The largest absolute Gasteiger partial charge is 0.467 e. The zero-order valence-corrected chi connectivity index (χ0v) is 9.55. The van der Waals surface area contributed by atoms with E-state index in [-0.39, 0.29) is 5.91 Å². The zero-order valence-electron chi connectivity index (χ0n) is 9.55. The van der Waals surface area contributed by atoms with E-state index in [2.05, 4.69) is 5.32 Å². The highest BCUT2D eigenvalue weighted by Crippen LogP contribution is 2.05. The lowest BCUT2D eigenvalue weighted by atomic mass is 10.1.